The van der Waals surface area contributed by atoms with Crippen molar-refractivity contribution < 1.29 is 22.4 Å². The Balaban J connectivity index is 1.61. The first-order valence-corrected chi connectivity index (χ1v) is 11.8. The van der Waals surface area contributed by atoms with E-state index in [1.807, 2.05) is 19.1 Å². The predicted octanol–water partition coefficient (Wildman–Crippen LogP) is 3.23. The molecule has 9 heteroatoms. The number of hydrogen-bond donors (Lipinski definition) is 2. The van der Waals surface area contributed by atoms with Gasteiger partial charge in [0.15, 0.2) is 9.84 Å². The van der Waals surface area contributed by atoms with Crippen LogP contribution in [0.15, 0.2) is 76.2 Å². The van der Waals surface area contributed by atoms with Gasteiger partial charge in [-0.05, 0) is 55.3 Å². The van der Waals surface area contributed by atoms with Gasteiger partial charge in [-0.15, -0.1) is 0 Å². The average molecular weight is 475 g/mol. The third-order valence-electron chi connectivity index (χ3n) is 4.85. The highest BCUT2D eigenvalue weighted by atomic mass is 35.5. The van der Waals surface area contributed by atoms with E-state index in [0.29, 0.717) is 11.4 Å². The molecule has 0 aliphatic carbocycles. The summed E-state index contributed by atoms with van der Waals surface area (Å²) in [6.07, 6.45) is 1.88. The Morgan fingerprint density at radius 2 is 1.62 bits per heavy atom. The fraction of sp³-hybridized carbons (Fsp3) is 0.217. The molecule has 0 radical (unpaired) electrons. The summed E-state index contributed by atoms with van der Waals surface area (Å²) in [4.78, 5) is 24.5. The molecule has 3 aromatic rings. The molecule has 0 saturated carbocycles. The van der Waals surface area contributed by atoms with Crippen molar-refractivity contribution in [3.63, 3.8) is 0 Å². The van der Waals surface area contributed by atoms with Crippen LogP contribution in [0, 0.1) is 6.92 Å². The van der Waals surface area contributed by atoms with Crippen LogP contribution in [0.5, 0.6) is 0 Å². The minimum Gasteiger partial charge on any atom is -0.468 e. The van der Waals surface area contributed by atoms with E-state index in [9.17, 15) is 18.0 Å². The third-order valence-corrected chi connectivity index (χ3v) is 7.18. The van der Waals surface area contributed by atoms with Crippen LogP contribution in [0.3, 0.4) is 0 Å². The molecular weight excluding hydrogens is 452 g/mol. The minimum atomic E-state index is -3.87. The molecule has 0 aliphatic heterocycles. The number of hydrogen-bond acceptors (Lipinski definition) is 5. The van der Waals surface area contributed by atoms with Gasteiger partial charge in [-0.3, -0.25) is 9.59 Å². The van der Waals surface area contributed by atoms with Gasteiger partial charge >= 0.3 is 11.8 Å². The van der Waals surface area contributed by atoms with Gasteiger partial charge in [-0.2, -0.15) is 0 Å². The molecule has 1 aromatic heterocycles. The summed E-state index contributed by atoms with van der Waals surface area (Å²) in [6, 6.07) is 16.6. The average Bonchev–Trinajstić information content (AvgIpc) is 3.29. The molecule has 2 amide bonds. The zero-order chi connectivity index (χ0) is 23.1. The predicted molar refractivity (Wildman–Crippen MR) is 121 cm³/mol. The lowest BCUT2D eigenvalue weighted by atomic mass is 10.1. The second-order valence-corrected chi connectivity index (χ2v) is 9.77. The van der Waals surface area contributed by atoms with Gasteiger partial charge in [0, 0.05) is 18.1 Å². The molecule has 0 bridgehead atoms. The smallest absolute Gasteiger partial charge is 0.309 e. The standard InChI is InChI=1S/C23H23ClN2O5S/c1-16-4-10-19(11-5-16)32(29,30)21(20-3-2-14-31-20)15-26-23(28)22(27)25-13-12-17-6-8-18(24)9-7-17/h2-11,14,21H,12-13,15H2,1H3,(H,25,27)(H,26,28). The van der Waals surface area contributed by atoms with Crippen molar-refractivity contribution in [2.24, 2.45) is 0 Å². The maximum absolute atomic E-state index is 13.2. The molecular formula is C23H23ClN2O5S. The number of amides is 2. The third kappa shape index (κ3) is 5.99. The van der Waals surface area contributed by atoms with Crippen molar-refractivity contribution in [3.8, 4) is 0 Å². The number of carbonyl (C=O) groups is 2. The lowest BCUT2D eigenvalue weighted by Gasteiger charge is -2.17. The quantitative estimate of drug-likeness (QED) is 0.487. The Hall–Kier alpha value is -3.10. The van der Waals surface area contributed by atoms with Gasteiger partial charge in [0.2, 0.25) is 0 Å². The van der Waals surface area contributed by atoms with Gasteiger partial charge in [0.1, 0.15) is 11.0 Å². The van der Waals surface area contributed by atoms with E-state index in [1.54, 1.807) is 30.3 Å². The molecule has 1 heterocycles. The van der Waals surface area contributed by atoms with Crippen molar-refractivity contribution in [1.82, 2.24) is 10.6 Å². The number of halogens is 1. The van der Waals surface area contributed by atoms with Crippen molar-refractivity contribution in [2.75, 3.05) is 13.1 Å². The first-order valence-electron chi connectivity index (χ1n) is 9.92. The van der Waals surface area contributed by atoms with E-state index < -0.39 is 26.9 Å². The Morgan fingerprint density at radius 1 is 0.969 bits per heavy atom. The van der Waals surface area contributed by atoms with Crippen LogP contribution in [-0.2, 0) is 25.8 Å². The number of rotatable bonds is 8. The summed E-state index contributed by atoms with van der Waals surface area (Å²) < 4.78 is 31.6. The zero-order valence-corrected chi connectivity index (χ0v) is 18.9. The maximum atomic E-state index is 13.2. The largest absolute Gasteiger partial charge is 0.468 e. The number of aryl methyl sites for hydroxylation is 1. The van der Waals surface area contributed by atoms with E-state index in [1.165, 1.54) is 24.5 Å². The maximum Gasteiger partial charge on any atom is 0.309 e. The fourth-order valence-electron chi connectivity index (χ4n) is 3.05. The van der Waals surface area contributed by atoms with Crippen molar-refractivity contribution >= 4 is 33.3 Å². The van der Waals surface area contributed by atoms with E-state index >= 15 is 0 Å². The topological polar surface area (TPSA) is 105 Å². The Kier molecular flexibility index (Phi) is 7.71. The van der Waals surface area contributed by atoms with E-state index in [0.717, 1.165) is 11.1 Å². The van der Waals surface area contributed by atoms with E-state index in [2.05, 4.69) is 10.6 Å². The van der Waals surface area contributed by atoms with Crippen LogP contribution in [0.4, 0.5) is 0 Å². The highest BCUT2D eigenvalue weighted by Gasteiger charge is 2.32. The van der Waals surface area contributed by atoms with Gasteiger partial charge in [0.05, 0.1) is 11.2 Å². The highest BCUT2D eigenvalue weighted by molar-refractivity contribution is 7.91. The molecule has 2 aromatic carbocycles. The van der Waals surface area contributed by atoms with Crippen LogP contribution in [0.2, 0.25) is 5.02 Å². The van der Waals surface area contributed by atoms with Gasteiger partial charge in [0.25, 0.3) is 0 Å². The summed E-state index contributed by atoms with van der Waals surface area (Å²) in [7, 11) is -3.87. The molecule has 0 saturated heterocycles. The summed E-state index contributed by atoms with van der Waals surface area (Å²) >= 11 is 5.84. The molecule has 7 nitrogen and oxygen atoms in total. The molecule has 1 unspecified atom stereocenters. The van der Waals surface area contributed by atoms with E-state index in [4.69, 9.17) is 16.0 Å². The number of nitrogens with one attached hydrogen (secondary N) is 2. The lowest BCUT2D eigenvalue weighted by molar-refractivity contribution is -0.139. The molecule has 1 atom stereocenters. The fourth-order valence-corrected chi connectivity index (χ4v) is 4.76. The normalized spacial score (nSPS) is 12.2. The van der Waals surface area contributed by atoms with Crippen LogP contribution in [0.25, 0.3) is 0 Å². The van der Waals surface area contributed by atoms with Crippen LogP contribution < -0.4 is 10.6 Å². The van der Waals surface area contributed by atoms with Crippen molar-refractivity contribution in [2.45, 2.75) is 23.5 Å². The summed E-state index contributed by atoms with van der Waals surface area (Å²) in [5.41, 5.74) is 1.87. The van der Waals surface area contributed by atoms with E-state index in [-0.39, 0.29) is 23.7 Å². The lowest BCUT2D eigenvalue weighted by Crippen LogP contribution is -2.42. The molecule has 2 N–H and O–H groups in total. The zero-order valence-electron chi connectivity index (χ0n) is 17.4. The second-order valence-electron chi connectivity index (χ2n) is 7.20. The van der Waals surface area contributed by atoms with Gasteiger partial charge in [-0.25, -0.2) is 8.42 Å². The Labute approximate surface area is 191 Å². The first-order chi connectivity index (χ1) is 15.3. The van der Waals surface area contributed by atoms with Gasteiger partial charge in [-0.1, -0.05) is 41.4 Å². The molecule has 32 heavy (non-hydrogen) atoms. The van der Waals surface area contributed by atoms with Gasteiger partial charge < -0.3 is 15.1 Å². The summed E-state index contributed by atoms with van der Waals surface area (Å²) in [5.74, 6) is -1.59. The molecule has 0 aliphatic rings. The number of benzene rings is 2. The SMILES string of the molecule is Cc1ccc(S(=O)(=O)C(CNC(=O)C(=O)NCCc2ccc(Cl)cc2)c2ccco2)cc1. The van der Waals surface area contributed by atoms with Crippen molar-refractivity contribution in [1.29, 1.82) is 0 Å². The first kappa shape index (κ1) is 23.6. The molecule has 3 rings (SSSR count). The number of carbonyl (C=O) groups excluding carboxylic acids is 2. The Bertz CT molecular complexity index is 1160. The van der Waals surface area contributed by atoms with Crippen LogP contribution in [0.1, 0.15) is 22.1 Å². The molecule has 168 valence electrons. The number of furan rings is 1. The Morgan fingerprint density at radius 3 is 2.25 bits per heavy atom. The number of sulfone groups is 1. The molecule has 0 fully saturated rings. The summed E-state index contributed by atoms with van der Waals surface area (Å²) in [6.45, 7) is 1.79. The summed E-state index contributed by atoms with van der Waals surface area (Å²) in [5, 5.41) is 4.37. The van der Waals surface area contributed by atoms with Crippen molar-refractivity contribution in [3.05, 3.63) is 88.8 Å². The highest BCUT2D eigenvalue weighted by Crippen LogP contribution is 2.29. The second kappa shape index (κ2) is 10.5. The van der Waals surface area contributed by atoms with Crippen LogP contribution in [-0.4, -0.2) is 33.3 Å². The van der Waals surface area contributed by atoms with Crippen LogP contribution >= 0.6 is 11.6 Å². The molecule has 0 spiro atoms. The monoisotopic (exact) mass is 474 g/mol. The minimum absolute atomic E-state index is 0.103.